The number of aliphatic carboxylic acids is 1. The molecule has 2 aliphatic heterocycles. The maximum atomic E-state index is 15.3. The zero-order valence-electron chi connectivity index (χ0n) is 39.7. The molecule has 0 saturated carbocycles. The molecule has 0 aliphatic carbocycles. The van der Waals surface area contributed by atoms with E-state index in [2.05, 4.69) is 16.0 Å². The summed E-state index contributed by atoms with van der Waals surface area (Å²) < 4.78 is 68.7. The Morgan fingerprint density at radius 3 is 2.13 bits per heavy atom. The molecule has 5 amide bonds. The van der Waals surface area contributed by atoms with Crippen LogP contribution in [0.1, 0.15) is 44.5 Å². The Bertz CT molecular complexity index is 2240. The van der Waals surface area contributed by atoms with Gasteiger partial charge in [0.15, 0.2) is 0 Å². The van der Waals surface area contributed by atoms with E-state index >= 15 is 8.78 Å². The molecule has 0 spiro atoms. The highest BCUT2D eigenvalue weighted by atomic mass is 32.2. The van der Waals surface area contributed by atoms with E-state index in [1.165, 1.54) is 0 Å². The summed E-state index contributed by atoms with van der Waals surface area (Å²) in [5.74, 6) is -5.89. The molecule has 3 aromatic rings. The van der Waals surface area contributed by atoms with E-state index in [0.717, 1.165) is 52.6 Å². The van der Waals surface area contributed by atoms with Crippen molar-refractivity contribution < 1.29 is 66.0 Å². The van der Waals surface area contributed by atoms with Crippen LogP contribution in [0.3, 0.4) is 0 Å². The molecule has 0 radical (unpaired) electrons. The number of rotatable bonds is 30. The van der Waals surface area contributed by atoms with Crippen molar-refractivity contribution in [2.75, 3.05) is 97.1 Å². The minimum atomic E-state index is -1.32. The monoisotopic (exact) mass is 1000 g/mol. The van der Waals surface area contributed by atoms with Crippen molar-refractivity contribution in [1.82, 2.24) is 30.3 Å². The molecule has 1 fully saturated rings. The van der Waals surface area contributed by atoms with Crippen LogP contribution in [0.5, 0.6) is 0 Å². The molecule has 0 bridgehead atoms. The number of halogens is 3. The molecule has 5 rings (SSSR count). The van der Waals surface area contributed by atoms with E-state index < -0.39 is 70.8 Å². The van der Waals surface area contributed by atoms with Gasteiger partial charge in [0.25, 0.3) is 11.8 Å². The Hall–Kier alpha value is -5.58. The van der Waals surface area contributed by atoms with Gasteiger partial charge in [0, 0.05) is 86.0 Å². The van der Waals surface area contributed by atoms with Crippen molar-refractivity contribution in [1.29, 1.82) is 0 Å². The number of nitrogens with zero attached hydrogens (tertiary/aromatic N) is 3. The third-order valence-electron chi connectivity index (χ3n) is 11.3. The van der Waals surface area contributed by atoms with Crippen molar-refractivity contribution in [3.05, 3.63) is 95.8 Å². The molecule has 4 N–H and O–H groups in total. The summed E-state index contributed by atoms with van der Waals surface area (Å²) in [6.45, 7) is 8.21. The van der Waals surface area contributed by atoms with E-state index in [-0.39, 0.29) is 108 Å². The van der Waals surface area contributed by atoms with E-state index in [9.17, 15) is 38.3 Å². The van der Waals surface area contributed by atoms with E-state index in [1.54, 1.807) is 17.2 Å². The van der Waals surface area contributed by atoms with Gasteiger partial charge in [0.05, 0.1) is 64.6 Å². The average Bonchev–Trinajstić information content (AvgIpc) is 4.01. The number of amides is 5. The molecule has 2 aromatic carbocycles. The second-order valence-corrected chi connectivity index (χ2v) is 18.8. The second-order valence-electron chi connectivity index (χ2n) is 17.8. The maximum Gasteiger partial charge on any atom is 0.327 e. The van der Waals surface area contributed by atoms with Gasteiger partial charge in [0.1, 0.15) is 30.4 Å². The topological polar surface area (TPSA) is 207 Å². The number of aromatic nitrogens is 1. The minimum absolute atomic E-state index is 0.00146. The number of ether oxygens (including phenoxy) is 4. The first kappa shape index (κ1) is 55.3. The van der Waals surface area contributed by atoms with E-state index in [0.29, 0.717) is 24.3 Å². The van der Waals surface area contributed by atoms with Crippen LogP contribution in [0.4, 0.5) is 13.2 Å². The quantitative estimate of drug-likeness (QED) is 0.0556. The molecule has 382 valence electrons. The first-order valence-electron chi connectivity index (χ1n) is 23.1. The lowest BCUT2D eigenvalue weighted by Crippen LogP contribution is -2.47. The number of carbonyl (C=O) groups is 6. The number of alkyl halides is 1. The summed E-state index contributed by atoms with van der Waals surface area (Å²) in [5.41, 5.74) is 1.32. The number of carboxylic acids is 1. The van der Waals surface area contributed by atoms with Gasteiger partial charge in [-0.15, -0.1) is 11.8 Å². The fourth-order valence-corrected chi connectivity index (χ4v) is 8.78. The number of hydrogen-bond donors (Lipinski definition) is 4. The predicted molar refractivity (Wildman–Crippen MR) is 254 cm³/mol. The number of benzene rings is 2. The Morgan fingerprint density at radius 1 is 0.871 bits per heavy atom. The highest BCUT2D eigenvalue weighted by molar-refractivity contribution is 8.00. The standard InChI is InChI=1S/C49H63F3N6O11S/c1-49(2,3)47(41-23-34(37-24-36(50)9-10-38(37)51)28-56(41)27-33-7-5-4-6-8-33)58(29-35-25-53-26-39(35)52)46(63)32-70-31-40(48(64)65)55-42(59)13-15-66-17-19-68-21-22-69-20-18-67-16-14-54-43(60)30-57-44(61)11-12-45(57)62/h4-12,23-24,28,35,39-40,47,53H,13-22,25-27,29-32H2,1-3H3,(H,54,60)(H,55,59)(H,64,65)/t35-,39+,40+,47+/m1/s1. The molecule has 2 aliphatic rings. The van der Waals surface area contributed by atoms with Crippen LogP contribution < -0.4 is 16.0 Å². The molecular formula is C49H63F3N6O11S. The normalized spacial score (nSPS) is 16.7. The SMILES string of the molecule is CC(C)(C)[C@H](c1cc(-c2cc(F)ccc2F)cn1Cc1ccccc1)N(C[C@H]1CNC[C@@H]1F)C(=O)CSC[C@H](NC(=O)CCOCCOCCOCCOCCNC(=O)CN1C(=O)C=CC1=O)C(=O)O. The van der Waals surface area contributed by atoms with Gasteiger partial charge in [-0.25, -0.2) is 18.0 Å². The van der Waals surface area contributed by atoms with Crippen LogP contribution in [-0.4, -0.2) is 164 Å². The molecular weight excluding hydrogens is 938 g/mol. The van der Waals surface area contributed by atoms with Crippen LogP contribution in [0.2, 0.25) is 0 Å². The summed E-state index contributed by atoms with van der Waals surface area (Å²) in [6.07, 6.45) is 2.59. The molecule has 0 unspecified atom stereocenters. The molecule has 1 saturated heterocycles. The smallest absolute Gasteiger partial charge is 0.327 e. The fourth-order valence-electron chi connectivity index (χ4n) is 7.86. The molecule has 1 aromatic heterocycles. The van der Waals surface area contributed by atoms with Gasteiger partial charge in [-0.3, -0.25) is 28.9 Å². The zero-order valence-corrected chi connectivity index (χ0v) is 40.5. The zero-order chi connectivity index (χ0) is 50.6. The van der Waals surface area contributed by atoms with Crippen molar-refractivity contribution in [3.63, 3.8) is 0 Å². The number of imide groups is 1. The van der Waals surface area contributed by atoms with Crippen molar-refractivity contribution >= 4 is 47.3 Å². The Morgan fingerprint density at radius 2 is 1.51 bits per heavy atom. The minimum Gasteiger partial charge on any atom is -0.480 e. The Labute approximate surface area is 409 Å². The van der Waals surface area contributed by atoms with Crippen LogP contribution >= 0.6 is 11.8 Å². The fraction of sp³-hybridized carbons (Fsp3) is 0.510. The van der Waals surface area contributed by atoms with Gasteiger partial charge in [0.2, 0.25) is 17.7 Å². The van der Waals surface area contributed by atoms with Crippen molar-refractivity contribution in [2.24, 2.45) is 11.3 Å². The Balaban J connectivity index is 1.06. The molecule has 70 heavy (non-hydrogen) atoms. The second kappa shape index (κ2) is 27.7. The van der Waals surface area contributed by atoms with Crippen LogP contribution in [-0.2, 0) is 54.3 Å². The highest BCUT2D eigenvalue weighted by Crippen LogP contribution is 2.42. The molecule has 3 heterocycles. The highest BCUT2D eigenvalue weighted by Gasteiger charge is 2.40. The van der Waals surface area contributed by atoms with Gasteiger partial charge < -0.3 is 49.5 Å². The summed E-state index contributed by atoms with van der Waals surface area (Å²) in [4.78, 5) is 76.9. The van der Waals surface area contributed by atoms with Crippen LogP contribution in [0, 0.1) is 23.0 Å². The van der Waals surface area contributed by atoms with E-state index in [4.69, 9.17) is 18.9 Å². The summed E-state index contributed by atoms with van der Waals surface area (Å²) in [7, 11) is 0. The molecule has 21 heteroatoms. The number of hydrogen-bond acceptors (Lipinski definition) is 12. The Kier molecular flexibility index (Phi) is 21.9. The lowest BCUT2D eigenvalue weighted by Gasteiger charge is -2.42. The number of carboxylic acid groups (broad SMARTS) is 1. The van der Waals surface area contributed by atoms with Gasteiger partial charge in [-0.2, -0.15) is 0 Å². The first-order valence-corrected chi connectivity index (χ1v) is 24.2. The third kappa shape index (κ3) is 17.4. The summed E-state index contributed by atoms with van der Waals surface area (Å²) in [5, 5.41) is 18.1. The summed E-state index contributed by atoms with van der Waals surface area (Å²) >= 11 is 1.02. The van der Waals surface area contributed by atoms with Gasteiger partial charge in [-0.05, 0) is 35.2 Å². The lowest BCUT2D eigenvalue weighted by atomic mass is 9.82. The number of thioether (sulfide) groups is 1. The lowest BCUT2D eigenvalue weighted by molar-refractivity contribution is -0.141. The number of carbonyl (C=O) groups excluding carboxylic acids is 5. The maximum absolute atomic E-state index is 15.3. The van der Waals surface area contributed by atoms with Gasteiger partial charge >= 0.3 is 5.97 Å². The average molecular weight is 1000 g/mol. The molecule has 4 atom stereocenters. The van der Waals surface area contributed by atoms with Crippen molar-refractivity contribution in [2.45, 2.75) is 52.0 Å². The van der Waals surface area contributed by atoms with Crippen molar-refractivity contribution in [3.8, 4) is 11.1 Å². The number of nitrogens with one attached hydrogen (secondary N) is 3. The largest absolute Gasteiger partial charge is 0.480 e. The third-order valence-corrected chi connectivity index (χ3v) is 12.3. The molecule has 17 nitrogen and oxygen atoms in total. The van der Waals surface area contributed by atoms with Crippen LogP contribution in [0.25, 0.3) is 11.1 Å². The predicted octanol–water partition coefficient (Wildman–Crippen LogP) is 3.76. The first-order chi connectivity index (χ1) is 33.5. The van der Waals surface area contributed by atoms with Crippen LogP contribution in [0.15, 0.2) is 72.9 Å². The summed E-state index contributed by atoms with van der Waals surface area (Å²) in [6, 6.07) is 12.5. The van der Waals surface area contributed by atoms with E-state index in [1.807, 2.05) is 55.7 Å². The van der Waals surface area contributed by atoms with Gasteiger partial charge in [-0.1, -0.05) is 51.1 Å².